The maximum absolute atomic E-state index is 11.9. The van der Waals surface area contributed by atoms with E-state index in [2.05, 4.69) is 29.0 Å². The number of anilines is 1. The van der Waals surface area contributed by atoms with Gasteiger partial charge in [-0.3, -0.25) is 4.79 Å². The van der Waals surface area contributed by atoms with Crippen LogP contribution in [0.5, 0.6) is 0 Å². The smallest absolute Gasteiger partial charge is 0.253 e. The molecule has 0 fully saturated rings. The molecule has 0 saturated heterocycles. The number of aromatic nitrogens is 1. The van der Waals surface area contributed by atoms with E-state index in [1.807, 2.05) is 13.0 Å². The van der Waals surface area contributed by atoms with Crippen molar-refractivity contribution in [2.75, 3.05) is 24.6 Å². The Bertz CT molecular complexity index is 384. The molecule has 19 heavy (non-hydrogen) atoms. The Hall–Kier alpha value is -1.62. The Kier molecular flexibility index (Phi) is 6.29. The first kappa shape index (κ1) is 15.4. The number of hydrogen-bond acceptors (Lipinski definition) is 4. The molecule has 0 aliphatic carbocycles. The van der Waals surface area contributed by atoms with Crippen LogP contribution < -0.4 is 10.2 Å². The topological polar surface area (TPSA) is 65.5 Å². The molecular weight excluding hydrogens is 242 g/mol. The van der Waals surface area contributed by atoms with Crippen LogP contribution >= 0.6 is 0 Å². The van der Waals surface area contributed by atoms with Gasteiger partial charge in [0.2, 0.25) is 0 Å². The second-order valence-corrected chi connectivity index (χ2v) is 4.34. The van der Waals surface area contributed by atoms with Gasteiger partial charge in [-0.05, 0) is 32.4 Å². The average molecular weight is 265 g/mol. The third kappa shape index (κ3) is 4.21. The summed E-state index contributed by atoms with van der Waals surface area (Å²) in [5.41, 5.74) is 0.516. The summed E-state index contributed by atoms with van der Waals surface area (Å²) >= 11 is 0. The van der Waals surface area contributed by atoms with Crippen molar-refractivity contribution < 1.29 is 9.90 Å². The van der Waals surface area contributed by atoms with Gasteiger partial charge >= 0.3 is 0 Å². The maximum atomic E-state index is 11.9. The number of carbonyl (C=O) groups is 1. The van der Waals surface area contributed by atoms with Gasteiger partial charge in [0, 0.05) is 19.3 Å². The summed E-state index contributed by atoms with van der Waals surface area (Å²) in [4.78, 5) is 18.3. The van der Waals surface area contributed by atoms with Crippen molar-refractivity contribution in [1.29, 1.82) is 0 Å². The minimum atomic E-state index is -0.199. The summed E-state index contributed by atoms with van der Waals surface area (Å²) in [6.45, 7) is 7.78. The maximum Gasteiger partial charge on any atom is 0.253 e. The van der Waals surface area contributed by atoms with Gasteiger partial charge in [0.05, 0.1) is 18.2 Å². The third-order valence-electron chi connectivity index (χ3n) is 3.15. The molecule has 0 aliphatic rings. The van der Waals surface area contributed by atoms with Gasteiger partial charge in [-0.1, -0.05) is 6.92 Å². The second kappa shape index (κ2) is 7.74. The van der Waals surface area contributed by atoms with Crippen molar-refractivity contribution in [3.8, 4) is 0 Å². The highest BCUT2D eigenvalue weighted by Gasteiger charge is 2.12. The summed E-state index contributed by atoms with van der Waals surface area (Å²) < 4.78 is 0. The van der Waals surface area contributed by atoms with Crippen molar-refractivity contribution >= 4 is 11.7 Å². The number of nitrogens with one attached hydrogen (secondary N) is 1. The molecule has 0 saturated carbocycles. The van der Waals surface area contributed by atoms with E-state index in [9.17, 15) is 4.79 Å². The van der Waals surface area contributed by atoms with Gasteiger partial charge < -0.3 is 15.3 Å². The number of aliphatic hydroxyl groups excluding tert-OH is 1. The molecule has 1 amide bonds. The summed E-state index contributed by atoms with van der Waals surface area (Å²) in [7, 11) is 0. The van der Waals surface area contributed by atoms with Crippen LogP contribution in [0.15, 0.2) is 18.3 Å². The fourth-order valence-electron chi connectivity index (χ4n) is 1.80. The zero-order chi connectivity index (χ0) is 14.3. The normalized spacial score (nSPS) is 12.0. The highest BCUT2D eigenvalue weighted by atomic mass is 16.3. The third-order valence-corrected chi connectivity index (χ3v) is 3.15. The number of carbonyl (C=O) groups excluding carboxylic acids is 1. The SMILES string of the molecule is CCC(CO)NC(=O)c1ccc(N(CC)CC)nc1. The monoisotopic (exact) mass is 265 g/mol. The van der Waals surface area contributed by atoms with Gasteiger partial charge in [0.1, 0.15) is 5.82 Å². The van der Waals surface area contributed by atoms with Crippen LogP contribution in [0.3, 0.4) is 0 Å². The number of nitrogens with zero attached hydrogens (tertiary/aromatic N) is 2. The van der Waals surface area contributed by atoms with Gasteiger partial charge in [-0.2, -0.15) is 0 Å². The largest absolute Gasteiger partial charge is 0.394 e. The second-order valence-electron chi connectivity index (χ2n) is 4.34. The first-order chi connectivity index (χ1) is 9.15. The van der Waals surface area contributed by atoms with E-state index in [4.69, 9.17) is 5.11 Å². The van der Waals surface area contributed by atoms with Crippen molar-refractivity contribution in [2.45, 2.75) is 33.2 Å². The number of pyridine rings is 1. The molecule has 0 aromatic carbocycles. The van der Waals surface area contributed by atoms with Crippen molar-refractivity contribution in [3.05, 3.63) is 23.9 Å². The predicted molar refractivity (Wildman–Crippen MR) is 76.4 cm³/mol. The van der Waals surface area contributed by atoms with Crippen molar-refractivity contribution in [2.24, 2.45) is 0 Å². The lowest BCUT2D eigenvalue weighted by molar-refractivity contribution is 0.0914. The summed E-state index contributed by atoms with van der Waals surface area (Å²) in [6.07, 6.45) is 2.28. The quantitative estimate of drug-likeness (QED) is 0.782. The zero-order valence-electron chi connectivity index (χ0n) is 11.9. The Morgan fingerprint density at radius 3 is 2.47 bits per heavy atom. The lowest BCUT2D eigenvalue weighted by atomic mass is 10.2. The van der Waals surface area contributed by atoms with Crippen LogP contribution in [-0.4, -0.2) is 41.7 Å². The van der Waals surface area contributed by atoms with Crippen LogP contribution in [0.4, 0.5) is 5.82 Å². The minimum absolute atomic E-state index is 0.0484. The van der Waals surface area contributed by atoms with Crippen LogP contribution in [0.25, 0.3) is 0 Å². The highest BCUT2D eigenvalue weighted by Crippen LogP contribution is 2.11. The summed E-state index contributed by atoms with van der Waals surface area (Å²) in [6, 6.07) is 3.41. The first-order valence-electron chi connectivity index (χ1n) is 6.78. The Balaban J connectivity index is 2.72. The molecule has 1 rings (SSSR count). The molecule has 0 aliphatic heterocycles. The zero-order valence-corrected chi connectivity index (χ0v) is 11.9. The standard InChI is InChI=1S/C14H23N3O2/c1-4-12(10-18)16-14(19)11-7-8-13(15-9-11)17(5-2)6-3/h7-9,12,18H,4-6,10H2,1-3H3,(H,16,19). The molecular formula is C14H23N3O2. The molecule has 0 bridgehead atoms. The van der Waals surface area contributed by atoms with Gasteiger partial charge in [-0.25, -0.2) is 4.98 Å². The van der Waals surface area contributed by atoms with Crippen LogP contribution in [0.2, 0.25) is 0 Å². The molecule has 1 aromatic heterocycles. The Morgan fingerprint density at radius 1 is 1.37 bits per heavy atom. The highest BCUT2D eigenvalue weighted by molar-refractivity contribution is 5.94. The average Bonchev–Trinajstić information content (AvgIpc) is 2.46. The van der Waals surface area contributed by atoms with E-state index in [0.29, 0.717) is 12.0 Å². The van der Waals surface area contributed by atoms with Crippen LogP contribution in [0.1, 0.15) is 37.6 Å². The Morgan fingerprint density at radius 2 is 2.05 bits per heavy atom. The predicted octanol–water partition coefficient (Wildman–Crippen LogP) is 1.43. The van der Waals surface area contributed by atoms with E-state index in [0.717, 1.165) is 18.9 Å². The molecule has 1 unspecified atom stereocenters. The van der Waals surface area contributed by atoms with Crippen LogP contribution in [-0.2, 0) is 0 Å². The molecule has 0 spiro atoms. The fraction of sp³-hybridized carbons (Fsp3) is 0.571. The lowest BCUT2D eigenvalue weighted by Crippen LogP contribution is -2.37. The molecule has 5 heteroatoms. The fourth-order valence-corrected chi connectivity index (χ4v) is 1.80. The van der Waals surface area contributed by atoms with E-state index < -0.39 is 0 Å². The summed E-state index contributed by atoms with van der Waals surface area (Å²) in [5.74, 6) is 0.676. The first-order valence-corrected chi connectivity index (χ1v) is 6.78. The molecule has 1 heterocycles. The molecule has 0 radical (unpaired) electrons. The van der Waals surface area contributed by atoms with E-state index in [1.165, 1.54) is 0 Å². The number of rotatable bonds is 7. The van der Waals surface area contributed by atoms with Gasteiger partial charge in [-0.15, -0.1) is 0 Å². The molecule has 1 aromatic rings. The van der Waals surface area contributed by atoms with Crippen LogP contribution in [0, 0.1) is 0 Å². The van der Waals surface area contributed by atoms with Crippen molar-refractivity contribution in [3.63, 3.8) is 0 Å². The molecule has 106 valence electrons. The summed E-state index contributed by atoms with van der Waals surface area (Å²) in [5, 5.41) is 11.8. The Labute approximate surface area is 114 Å². The molecule has 2 N–H and O–H groups in total. The van der Waals surface area contributed by atoms with E-state index >= 15 is 0 Å². The lowest BCUT2D eigenvalue weighted by Gasteiger charge is -2.20. The van der Waals surface area contributed by atoms with E-state index in [-0.39, 0.29) is 18.6 Å². The van der Waals surface area contributed by atoms with Crippen molar-refractivity contribution in [1.82, 2.24) is 10.3 Å². The number of hydrogen-bond donors (Lipinski definition) is 2. The van der Waals surface area contributed by atoms with Gasteiger partial charge in [0.25, 0.3) is 5.91 Å². The number of amides is 1. The minimum Gasteiger partial charge on any atom is -0.394 e. The van der Waals surface area contributed by atoms with Gasteiger partial charge in [0.15, 0.2) is 0 Å². The molecule has 1 atom stereocenters. The number of aliphatic hydroxyl groups is 1. The van der Waals surface area contributed by atoms with E-state index in [1.54, 1.807) is 12.3 Å². The molecule has 5 nitrogen and oxygen atoms in total.